The Morgan fingerprint density at radius 1 is 1.07 bits per heavy atom. The lowest BCUT2D eigenvalue weighted by Gasteiger charge is -2.20. The number of rotatable bonds is 7. The van der Waals surface area contributed by atoms with Crippen molar-refractivity contribution in [3.05, 3.63) is 71.3 Å². The highest BCUT2D eigenvalue weighted by Crippen LogP contribution is 2.31. The molecule has 0 N–H and O–H groups in total. The van der Waals surface area contributed by atoms with Crippen LogP contribution in [0.5, 0.6) is 5.75 Å². The number of methoxy groups -OCH3 is 1. The van der Waals surface area contributed by atoms with Crippen LogP contribution in [0.2, 0.25) is 0 Å². The minimum Gasteiger partial charge on any atom is -0.497 e. The normalized spacial score (nSPS) is 14.4. The van der Waals surface area contributed by atoms with Crippen molar-refractivity contribution < 1.29 is 9.53 Å². The summed E-state index contributed by atoms with van der Waals surface area (Å²) in [5.41, 5.74) is 3.99. The van der Waals surface area contributed by atoms with Gasteiger partial charge in [0.2, 0.25) is 0 Å². The van der Waals surface area contributed by atoms with Gasteiger partial charge in [-0.15, -0.1) is 0 Å². The quantitative estimate of drug-likeness (QED) is 0.603. The number of carbonyl (C=O) groups excluding carboxylic acids is 1. The number of hydrogen-bond acceptors (Lipinski definition) is 2. The molecule has 0 bridgehead atoms. The summed E-state index contributed by atoms with van der Waals surface area (Å²) in [6.07, 6.45) is 7.74. The van der Waals surface area contributed by atoms with Gasteiger partial charge in [-0.2, -0.15) is 0 Å². The second-order valence-electron chi connectivity index (χ2n) is 7.04. The Kier molecular flexibility index (Phi) is 6.69. The Morgan fingerprint density at radius 3 is 2.48 bits per heavy atom. The summed E-state index contributed by atoms with van der Waals surface area (Å²) in [6.45, 7) is 3.90. The number of allylic oxidation sites excluding steroid dienone is 1. The number of ether oxygens (including phenoxy) is 1. The Balaban J connectivity index is 2.08. The summed E-state index contributed by atoms with van der Waals surface area (Å²) in [7, 11) is 1.67. The van der Waals surface area contributed by atoms with E-state index in [1.807, 2.05) is 41.3 Å². The van der Waals surface area contributed by atoms with Crippen LogP contribution in [0.4, 0.5) is 0 Å². The molecule has 1 aliphatic rings. The molecule has 0 aromatic heterocycles. The smallest absolute Gasteiger partial charge is 0.254 e. The molecule has 1 aliphatic heterocycles. The molecule has 1 heterocycles. The summed E-state index contributed by atoms with van der Waals surface area (Å²) >= 11 is 0. The van der Waals surface area contributed by atoms with Crippen molar-refractivity contribution in [3.63, 3.8) is 0 Å². The molecule has 1 fully saturated rings. The van der Waals surface area contributed by atoms with Crippen LogP contribution in [0.1, 0.15) is 60.5 Å². The van der Waals surface area contributed by atoms with Crippen LogP contribution in [0.15, 0.2) is 54.6 Å². The molecule has 1 amide bonds. The topological polar surface area (TPSA) is 29.5 Å². The lowest BCUT2D eigenvalue weighted by Crippen LogP contribution is -2.28. The summed E-state index contributed by atoms with van der Waals surface area (Å²) in [4.78, 5) is 15.2. The first-order valence-electron chi connectivity index (χ1n) is 9.98. The number of amides is 1. The van der Waals surface area contributed by atoms with Crippen LogP contribution in [0, 0.1) is 0 Å². The Hall–Kier alpha value is -2.55. The molecule has 2 aromatic carbocycles. The van der Waals surface area contributed by atoms with E-state index in [1.54, 1.807) is 7.11 Å². The zero-order valence-electron chi connectivity index (χ0n) is 16.4. The van der Waals surface area contributed by atoms with Gasteiger partial charge in [0.15, 0.2) is 0 Å². The molecule has 3 nitrogen and oxygen atoms in total. The predicted octanol–water partition coefficient (Wildman–Crippen LogP) is 5.55. The zero-order chi connectivity index (χ0) is 19.1. The molecule has 1 saturated heterocycles. The Labute approximate surface area is 162 Å². The highest BCUT2D eigenvalue weighted by molar-refractivity contribution is 6.01. The minimum atomic E-state index is 0.127. The molecule has 0 atom stereocenters. The SMILES string of the molecule is CCCC/C=C(\c1ccccc1)c1cc(OC)ccc1C(=O)N1CCCC1. The lowest BCUT2D eigenvalue weighted by molar-refractivity contribution is 0.0792. The predicted molar refractivity (Wildman–Crippen MR) is 111 cm³/mol. The van der Waals surface area contributed by atoms with Crippen molar-refractivity contribution in [2.24, 2.45) is 0 Å². The maximum atomic E-state index is 13.2. The molecule has 142 valence electrons. The second-order valence-corrected chi connectivity index (χ2v) is 7.04. The molecule has 3 rings (SSSR count). The summed E-state index contributed by atoms with van der Waals surface area (Å²) < 4.78 is 5.47. The van der Waals surface area contributed by atoms with Gasteiger partial charge in [0.1, 0.15) is 5.75 Å². The molecule has 3 heteroatoms. The zero-order valence-corrected chi connectivity index (χ0v) is 16.4. The third-order valence-electron chi connectivity index (χ3n) is 5.13. The van der Waals surface area contributed by atoms with Gasteiger partial charge in [0.25, 0.3) is 5.91 Å². The van der Waals surface area contributed by atoms with Crippen LogP contribution < -0.4 is 4.74 Å². The van der Waals surface area contributed by atoms with E-state index in [4.69, 9.17) is 4.74 Å². The van der Waals surface area contributed by atoms with E-state index < -0.39 is 0 Å². The molecular weight excluding hydrogens is 334 g/mol. The Morgan fingerprint density at radius 2 is 1.81 bits per heavy atom. The van der Waals surface area contributed by atoms with Crippen LogP contribution >= 0.6 is 0 Å². The first-order chi connectivity index (χ1) is 13.2. The third-order valence-corrected chi connectivity index (χ3v) is 5.13. The molecule has 0 saturated carbocycles. The molecule has 0 aliphatic carbocycles. The lowest BCUT2D eigenvalue weighted by atomic mass is 9.91. The van der Waals surface area contributed by atoms with Gasteiger partial charge in [-0.3, -0.25) is 4.79 Å². The Bertz CT molecular complexity index is 789. The fourth-order valence-corrected chi connectivity index (χ4v) is 3.60. The van der Waals surface area contributed by atoms with Gasteiger partial charge in [0.05, 0.1) is 7.11 Å². The minimum absolute atomic E-state index is 0.127. The summed E-state index contributed by atoms with van der Waals surface area (Å²) in [5, 5.41) is 0. The van der Waals surface area contributed by atoms with E-state index in [2.05, 4.69) is 25.1 Å². The van der Waals surface area contributed by atoms with Crippen molar-refractivity contribution in [3.8, 4) is 5.75 Å². The number of hydrogen-bond donors (Lipinski definition) is 0. The van der Waals surface area contributed by atoms with Crippen LogP contribution in [0.25, 0.3) is 5.57 Å². The molecule has 0 unspecified atom stereocenters. The van der Waals surface area contributed by atoms with E-state index >= 15 is 0 Å². The number of nitrogens with zero attached hydrogens (tertiary/aromatic N) is 1. The maximum absolute atomic E-state index is 13.2. The molecule has 0 radical (unpaired) electrons. The number of likely N-dealkylation sites (tertiary alicyclic amines) is 1. The summed E-state index contributed by atoms with van der Waals surface area (Å²) in [6, 6.07) is 16.2. The first kappa shape index (κ1) is 19.2. The van der Waals surface area contributed by atoms with Gasteiger partial charge in [-0.1, -0.05) is 56.2 Å². The van der Waals surface area contributed by atoms with E-state index in [-0.39, 0.29) is 5.91 Å². The van der Waals surface area contributed by atoms with Crippen LogP contribution in [0.3, 0.4) is 0 Å². The number of unbranched alkanes of at least 4 members (excludes halogenated alkanes) is 2. The average Bonchev–Trinajstić information content (AvgIpc) is 3.26. The highest BCUT2D eigenvalue weighted by Gasteiger charge is 2.23. The monoisotopic (exact) mass is 363 g/mol. The molecule has 27 heavy (non-hydrogen) atoms. The molecular formula is C24H29NO2. The van der Waals surface area contributed by atoms with E-state index in [9.17, 15) is 4.79 Å². The molecule has 0 spiro atoms. The van der Waals surface area contributed by atoms with Crippen LogP contribution in [-0.4, -0.2) is 31.0 Å². The van der Waals surface area contributed by atoms with E-state index in [0.29, 0.717) is 0 Å². The van der Waals surface area contributed by atoms with Gasteiger partial charge >= 0.3 is 0 Å². The van der Waals surface area contributed by atoms with Gasteiger partial charge in [-0.25, -0.2) is 0 Å². The van der Waals surface area contributed by atoms with E-state index in [1.165, 1.54) is 0 Å². The summed E-state index contributed by atoms with van der Waals surface area (Å²) in [5.74, 6) is 0.905. The maximum Gasteiger partial charge on any atom is 0.254 e. The van der Waals surface area contributed by atoms with Gasteiger partial charge in [0, 0.05) is 18.7 Å². The average molecular weight is 364 g/mol. The number of carbonyl (C=O) groups is 1. The van der Waals surface area contributed by atoms with Crippen molar-refractivity contribution in [2.75, 3.05) is 20.2 Å². The van der Waals surface area contributed by atoms with Crippen LogP contribution in [-0.2, 0) is 0 Å². The largest absolute Gasteiger partial charge is 0.497 e. The fourth-order valence-electron chi connectivity index (χ4n) is 3.60. The van der Waals surface area contributed by atoms with E-state index in [0.717, 1.165) is 73.2 Å². The highest BCUT2D eigenvalue weighted by atomic mass is 16.5. The number of benzene rings is 2. The third kappa shape index (κ3) is 4.60. The van der Waals surface area contributed by atoms with Gasteiger partial charge in [-0.05, 0) is 54.2 Å². The standard InChI is InChI=1S/C24H29NO2/c1-3-4-6-13-21(19-11-7-5-8-12-19)23-18-20(27-2)14-15-22(23)24(26)25-16-9-10-17-25/h5,7-8,11-15,18H,3-4,6,9-10,16-17H2,1-2H3/b21-13+. The first-order valence-corrected chi connectivity index (χ1v) is 9.98. The van der Waals surface area contributed by atoms with Crippen molar-refractivity contribution in [1.82, 2.24) is 4.90 Å². The fraction of sp³-hybridized carbons (Fsp3) is 0.375. The van der Waals surface area contributed by atoms with Crippen molar-refractivity contribution in [2.45, 2.75) is 39.0 Å². The van der Waals surface area contributed by atoms with Crippen molar-refractivity contribution in [1.29, 1.82) is 0 Å². The molecule has 2 aromatic rings. The second kappa shape index (κ2) is 9.40. The van der Waals surface area contributed by atoms with Gasteiger partial charge < -0.3 is 9.64 Å². The van der Waals surface area contributed by atoms with Crippen molar-refractivity contribution >= 4 is 11.5 Å².